The first-order valence-electron chi connectivity index (χ1n) is 8.27. The monoisotopic (exact) mass is 342 g/mol. The van der Waals surface area contributed by atoms with Crippen LogP contribution in [0.3, 0.4) is 0 Å². The van der Waals surface area contributed by atoms with Crippen LogP contribution in [0.2, 0.25) is 0 Å². The molecule has 0 aliphatic rings. The first-order chi connectivity index (χ1) is 12.0. The Balaban J connectivity index is 2.29. The summed E-state index contributed by atoms with van der Waals surface area (Å²) >= 11 is 0. The van der Waals surface area contributed by atoms with Gasteiger partial charge in [-0.3, -0.25) is 14.9 Å². The predicted molar refractivity (Wildman–Crippen MR) is 95.8 cm³/mol. The summed E-state index contributed by atoms with van der Waals surface area (Å²) < 4.78 is 5.71. The van der Waals surface area contributed by atoms with Crippen molar-refractivity contribution < 1.29 is 14.5 Å². The maximum atomic E-state index is 12.3. The second kappa shape index (κ2) is 8.82. The minimum atomic E-state index is -0.554. The summed E-state index contributed by atoms with van der Waals surface area (Å²) in [7, 11) is 0. The molecule has 2 aromatic rings. The van der Waals surface area contributed by atoms with Crippen molar-refractivity contribution in [3.05, 3.63) is 69.3 Å². The lowest BCUT2D eigenvalue weighted by Crippen LogP contribution is -2.25. The highest BCUT2D eigenvalue weighted by atomic mass is 16.6. The molecule has 1 N–H and O–H groups in total. The largest absolute Gasteiger partial charge is 0.482 e. The SMILES string of the molecule is CCCCNC(=O)c1ccc(C)c(OCc2ccccc2)c1[N+](=O)[O-]. The average molecular weight is 342 g/mol. The fourth-order valence-electron chi connectivity index (χ4n) is 2.42. The maximum absolute atomic E-state index is 12.3. The van der Waals surface area contributed by atoms with E-state index in [-0.39, 0.29) is 23.6 Å². The first kappa shape index (κ1) is 18.4. The van der Waals surface area contributed by atoms with Crippen molar-refractivity contribution in [2.24, 2.45) is 0 Å². The number of nitrogens with one attached hydrogen (secondary N) is 1. The van der Waals surface area contributed by atoms with Gasteiger partial charge in [-0.05, 0) is 30.5 Å². The molecule has 25 heavy (non-hydrogen) atoms. The van der Waals surface area contributed by atoms with Crippen LogP contribution in [0, 0.1) is 17.0 Å². The molecule has 0 saturated carbocycles. The fraction of sp³-hybridized carbons (Fsp3) is 0.316. The number of nitrogens with zero attached hydrogens (tertiary/aromatic N) is 1. The lowest BCUT2D eigenvalue weighted by atomic mass is 10.1. The van der Waals surface area contributed by atoms with Crippen LogP contribution < -0.4 is 10.1 Å². The fourth-order valence-corrected chi connectivity index (χ4v) is 2.42. The van der Waals surface area contributed by atoms with Crippen LogP contribution in [0.5, 0.6) is 5.75 Å². The van der Waals surface area contributed by atoms with Gasteiger partial charge in [-0.2, -0.15) is 0 Å². The molecule has 0 aliphatic heterocycles. The Morgan fingerprint density at radius 1 is 1.20 bits per heavy atom. The molecule has 6 nitrogen and oxygen atoms in total. The number of aryl methyl sites for hydroxylation is 1. The molecule has 0 radical (unpaired) electrons. The van der Waals surface area contributed by atoms with Gasteiger partial charge < -0.3 is 10.1 Å². The summed E-state index contributed by atoms with van der Waals surface area (Å²) in [6, 6.07) is 12.5. The third kappa shape index (κ3) is 4.79. The van der Waals surface area contributed by atoms with E-state index in [1.54, 1.807) is 13.0 Å². The Kier molecular flexibility index (Phi) is 6.51. The average Bonchev–Trinajstić information content (AvgIpc) is 2.61. The van der Waals surface area contributed by atoms with Crippen molar-refractivity contribution in [1.29, 1.82) is 0 Å². The third-order valence-corrected chi connectivity index (χ3v) is 3.80. The predicted octanol–water partition coefficient (Wildman–Crippen LogP) is 4.01. The molecule has 0 heterocycles. The summed E-state index contributed by atoms with van der Waals surface area (Å²) in [6.45, 7) is 4.42. The number of carbonyl (C=O) groups excluding carboxylic acids is 1. The molecule has 2 rings (SSSR count). The molecule has 0 saturated heterocycles. The summed E-state index contributed by atoms with van der Waals surface area (Å²) in [5.41, 5.74) is 1.25. The topological polar surface area (TPSA) is 81.5 Å². The molecule has 2 aromatic carbocycles. The van der Waals surface area contributed by atoms with Gasteiger partial charge in [-0.15, -0.1) is 0 Å². The summed E-state index contributed by atoms with van der Waals surface area (Å²) in [5, 5.41) is 14.3. The lowest BCUT2D eigenvalue weighted by Gasteiger charge is -2.12. The van der Waals surface area contributed by atoms with Crippen LogP contribution in [0.25, 0.3) is 0 Å². The van der Waals surface area contributed by atoms with Gasteiger partial charge in [0.1, 0.15) is 12.2 Å². The van der Waals surface area contributed by atoms with Gasteiger partial charge in [-0.25, -0.2) is 0 Å². The Bertz CT molecular complexity index is 745. The molecule has 0 spiro atoms. The Morgan fingerprint density at radius 2 is 1.92 bits per heavy atom. The zero-order valence-corrected chi connectivity index (χ0v) is 14.5. The molecule has 0 bridgehead atoms. The molecule has 0 atom stereocenters. The number of nitro groups is 1. The summed E-state index contributed by atoms with van der Waals surface area (Å²) in [5.74, 6) is -0.318. The molecular formula is C19H22N2O4. The van der Waals surface area contributed by atoms with Gasteiger partial charge in [0.15, 0.2) is 0 Å². The number of benzene rings is 2. The summed E-state index contributed by atoms with van der Waals surface area (Å²) in [6.07, 6.45) is 1.75. The van der Waals surface area contributed by atoms with E-state index in [0.29, 0.717) is 12.1 Å². The number of unbranched alkanes of at least 4 members (excludes halogenated alkanes) is 1. The Morgan fingerprint density at radius 3 is 2.56 bits per heavy atom. The van der Waals surface area contributed by atoms with E-state index in [1.165, 1.54) is 6.07 Å². The van der Waals surface area contributed by atoms with Crippen LogP contribution in [-0.4, -0.2) is 17.4 Å². The number of hydrogen-bond acceptors (Lipinski definition) is 4. The molecular weight excluding hydrogens is 320 g/mol. The van der Waals surface area contributed by atoms with Gasteiger partial charge in [0.2, 0.25) is 5.75 Å². The first-order valence-corrected chi connectivity index (χ1v) is 8.27. The third-order valence-electron chi connectivity index (χ3n) is 3.80. The second-order valence-electron chi connectivity index (χ2n) is 5.75. The van der Waals surface area contributed by atoms with Crippen LogP contribution >= 0.6 is 0 Å². The molecule has 0 aliphatic carbocycles. The molecule has 132 valence electrons. The molecule has 0 aromatic heterocycles. The van der Waals surface area contributed by atoms with E-state index in [4.69, 9.17) is 4.74 Å². The van der Waals surface area contributed by atoms with Gasteiger partial charge in [0.05, 0.1) is 4.92 Å². The smallest absolute Gasteiger partial charge is 0.323 e. The van der Waals surface area contributed by atoms with Crippen molar-refractivity contribution in [3.63, 3.8) is 0 Å². The van der Waals surface area contributed by atoms with Crippen molar-refractivity contribution in [3.8, 4) is 5.75 Å². The highest BCUT2D eigenvalue weighted by Gasteiger charge is 2.27. The molecule has 0 unspecified atom stereocenters. The molecule has 1 amide bonds. The number of nitro benzene ring substituents is 1. The molecule has 6 heteroatoms. The van der Waals surface area contributed by atoms with E-state index in [1.807, 2.05) is 37.3 Å². The van der Waals surface area contributed by atoms with Crippen LogP contribution in [0.1, 0.15) is 41.3 Å². The highest BCUT2D eigenvalue weighted by Crippen LogP contribution is 2.35. The van der Waals surface area contributed by atoms with Gasteiger partial charge in [0.25, 0.3) is 5.91 Å². The molecule has 0 fully saturated rings. The van der Waals surface area contributed by atoms with Crippen molar-refractivity contribution in [2.45, 2.75) is 33.3 Å². The van der Waals surface area contributed by atoms with E-state index in [9.17, 15) is 14.9 Å². The van der Waals surface area contributed by atoms with E-state index < -0.39 is 10.8 Å². The normalized spacial score (nSPS) is 10.3. The lowest BCUT2D eigenvalue weighted by molar-refractivity contribution is -0.386. The number of ether oxygens (including phenoxy) is 1. The Hall–Kier alpha value is -2.89. The number of rotatable bonds is 8. The number of hydrogen-bond donors (Lipinski definition) is 1. The van der Waals surface area contributed by atoms with Crippen molar-refractivity contribution in [2.75, 3.05) is 6.54 Å². The van der Waals surface area contributed by atoms with Crippen LogP contribution in [0.4, 0.5) is 5.69 Å². The number of carbonyl (C=O) groups is 1. The zero-order chi connectivity index (χ0) is 18.2. The van der Waals surface area contributed by atoms with Crippen molar-refractivity contribution >= 4 is 11.6 Å². The van der Waals surface area contributed by atoms with Gasteiger partial charge >= 0.3 is 5.69 Å². The van der Waals surface area contributed by atoms with E-state index >= 15 is 0 Å². The quantitative estimate of drug-likeness (QED) is 0.446. The van der Waals surface area contributed by atoms with E-state index in [2.05, 4.69) is 5.32 Å². The zero-order valence-electron chi connectivity index (χ0n) is 14.5. The standard InChI is InChI=1S/C19H22N2O4/c1-3-4-12-20-19(22)16-11-10-14(2)18(17(16)21(23)24)25-13-15-8-6-5-7-9-15/h5-11H,3-4,12-13H2,1-2H3,(H,20,22). The van der Waals surface area contributed by atoms with Gasteiger partial charge in [0, 0.05) is 6.54 Å². The Labute approximate surface area is 147 Å². The van der Waals surface area contributed by atoms with Crippen LogP contribution in [0.15, 0.2) is 42.5 Å². The van der Waals surface area contributed by atoms with E-state index in [0.717, 1.165) is 18.4 Å². The minimum Gasteiger partial charge on any atom is -0.482 e. The van der Waals surface area contributed by atoms with Crippen LogP contribution in [-0.2, 0) is 6.61 Å². The maximum Gasteiger partial charge on any atom is 0.323 e. The minimum absolute atomic E-state index is 0.0229. The number of amides is 1. The summed E-state index contributed by atoms with van der Waals surface area (Å²) in [4.78, 5) is 23.3. The highest BCUT2D eigenvalue weighted by molar-refractivity contribution is 5.99. The van der Waals surface area contributed by atoms with Gasteiger partial charge in [-0.1, -0.05) is 49.7 Å². The van der Waals surface area contributed by atoms with Crippen molar-refractivity contribution in [1.82, 2.24) is 5.32 Å². The second-order valence-corrected chi connectivity index (χ2v) is 5.75.